The zero-order valence-electron chi connectivity index (χ0n) is 11.0. The van der Waals surface area contributed by atoms with Crippen LogP contribution in [0.4, 0.5) is 5.95 Å². The smallest absolute Gasteiger partial charge is 0.200 e. The van der Waals surface area contributed by atoms with E-state index in [1.54, 1.807) is 0 Å². The van der Waals surface area contributed by atoms with Crippen LogP contribution in [-0.4, -0.2) is 41.5 Å². The molecule has 1 unspecified atom stereocenters. The van der Waals surface area contributed by atoms with Gasteiger partial charge in [0, 0.05) is 24.5 Å². The first-order valence-electron chi connectivity index (χ1n) is 5.90. The van der Waals surface area contributed by atoms with Gasteiger partial charge >= 0.3 is 0 Å². The highest BCUT2D eigenvalue weighted by Gasteiger charge is 2.13. The van der Waals surface area contributed by atoms with Crippen molar-refractivity contribution >= 4 is 5.95 Å². The van der Waals surface area contributed by atoms with Crippen LogP contribution < -0.4 is 5.32 Å². The van der Waals surface area contributed by atoms with Crippen molar-refractivity contribution in [3.63, 3.8) is 0 Å². The summed E-state index contributed by atoms with van der Waals surface area (Å²) in [5.41, 5.74) is 1.09. The Morgan fingerprint density at radius 3 is 2.56 bits per heavy atom. The van der Waals surface area contributed by atoms with Crippen molar-refractivity contribution in [3.8, 4) is 0 Å². The lowest BCUT2D eigenvalue weighted by molar-refractivity contribution is 0.355. The molecule has 92 valence electrons. The van der Waals surface area contributed by atoms with Gasteiger partial charge in [-0.25, -0.2) is 4.98 Å². The lowest BCUT2D eigenvalue weighted by Crippen LogP contribution is -2.33. The van der Waals surface area contributed by atoms with Crippen molar-refractivity contribution in [2.45, 2.75) is 33.2 Å². The second kappa shape index (κ2) is 5.89. The van der Waals surface area contributed by atoms with Crippen LogP contribution in [0.3, 0.4) is 0 Å². The highest BCUT2D eigenvalue weighted by atomic mass is 15.2. The summed E-state index contributed by atoms with van der Waals surface area (Å²) in [7, 11) is 4.20. The van der Waals surface area contributed by atoms with Crippen molar-refractivity contribution in [3.05, 3.63) is 11.9 Å². The highest BCUT2D eigenvalue weighted by Crippen LogP contribution is 2.11. The molecular weight excluding hydrogens is 200 g/mol. The summed E-state index contributed by atoms with van der Waals surface area (Å²) < 4.78 is 0. The molecule has 0 aromatic carbocycles. The molecule has 1 aromatic heterocycles. The quantitative estimate of drug-likeness (QED) is 0.778. The highest BCUT2D eigenvalue weighted by molar-refractivity contribution is 5.27. The predicted molar refractivity (Wildman–Crippen MR) is 68.7 cm³/mol. The van der Waals surface area contributed by atoms with Gasteiger partial charge in [-0.2, -0.15) is 0 Å². The van der Waals surface area contributed by atoms with Gasteiger partial charge in [0.2, 0.25) is 5.95 Å². The van der Waals surface area contributed by atoms with E-state index in [1.807, 2.05) is 13.1 Å². The minimum Gasteiger partial charge on any atom is -0.352 e. The molecule has 1 heterocycles. The summed E-state index contributed by atoms with van der Waals surface area (Å²) in [4.78, 5) is 9.70. The van der Waals surface area contributed by atoms with Gasteiger partial charge < -0.3 is 15.2 Å². The lowest BCUT2D eigenvalue weighted by Gasteiger charge is -2.23. The van der Waals surface area contributed by atoms with Crippen molar-refractivity contribution in [2.24, 2.45) is 5.92 Å². The van der Waals surface area contributed by atoms with Gasteiger partial charge in [-0.1, -0.05) is 13.8 Å². The standard InChI is InChI=1S/C12H24N4/c1-9(2)6-11(8-16(4)5)15-12-13-7-10(3)14-12/h7,9,11H,6,8H2,1-5H3,(H2,13,14,15). The average molecular weight is 224 g/mol. The minimum absolute atomic E-state index is 0.445. The Bertz CT molecular complexity index is 294. The molecule has 1 rings (SSSR count). The Morgan fingerprint density at radius 2 is 2.12 bits per heavy atom. The second-order valence-electron chi connectivity index (χ2n) is 5.15. The summed E-state index contributed by atoms with van der Waals surface area (Å²) >= 11 is 0. The maximum Gasteiger partial charge on any atom is 0.200 e. The third-order valence-corrected chi connectivity index (χ3v) is 2.39. The monoisotopic (exact) mass is 224 g/mol. The van der Waals surface area contributed by atoms with Crippen molar-refractivity contribution in [2.75, 3.05) is 26.0 Å². The van der Waals surface area contributed by atoms with Gasteiger partial charge in [0.05, 0.1) is 0 Å². The average Bonchev–Trinajstić information content (AvgIpc) is 2.48. The summed E-state index contributed by atoms with van der Waals surface area (Å²) in [5.74, 6) is 1.57. The third-order valence-electron chi connectivity index (χ3n) is 2.39. The molecule has 0 radical (unpaired) electrons. The summed E-state index contributed by atoms with van der Waals surface area (Å²) in [6, 6.07) is 0.445. The molecule has 1 aromatic rings. The van der Waals surface area contributed by atoms with Crippen molar-refractivity contribution < 1.29 is 0 Å². The number of H-pyrrole nitrogens is 1. The molecule has 0 amide bonds. The van der Waals surface area contributed by atoms with Crippen LogP contribution in [0.5, 0.6) is 0 Å². The number of imidazole rings is 1. The third kappa shape index (κ3) is 4.66. The fourth-order valence-electron chi connectivity index (χ4n) is 1.87. The Labute approximate surface area is 98.5 Å². The van der Waals surface area contributed by atoms with E-state index < -0.39 is 0 Å². The van der Waals surface area contributed by atoms with Crippen LogP contribution in [-0.2, 0) is 0 Å². The molecule has 0 bridgehead atoms. The van der Waals surface area contributed by atoms with Crippen molar-refractivity contribution in [1.29, 1.82) is 0 Å². The van der Waals surface area contributed by atoms with E-state index in [1.165, 1.54) is 0 Å². The van der Waals surface area contributed by atoms with E-state index in [4.69, 9.17) is 0 Å². The largest absolute Gasteiger partial charge is 0.352 e. The zero-order valence-corrected chi connectivity index (χ0v) is 11.0. The molecule has 0 aliphatic carbocycles. The molecule has 1 atom stereocenters. The Kier molecular flexibility index (Phi) is 4.80. The molecule has 4 nitrogen and oxygen atoms in total. The van der Waals surface area contributed by atoms with Crippen LogP contribution >= 0.6 is 0 Å². The van der Waals surface area contributed by atoms with E-state index in [0.717, 1.165) is 24.6 Å². The first-order valence-corrected chi connectivity index (χ1v) is 5.90. The molecule has 0 spiro atoms. The molecular formula is C12H24N4. The minimum atomic E-state index is 0.445. The van der Waals surface area contributed by atoms with Crippen LogP contribution in [0, 0.1) is 12.8 Å². The Balaban J connectivity index is 2.55. The van der Waals surface area contributed by atoms with Gasteiger partial charge in [0.25, 0.3) is 0 Å². The van der Waals surface area contributed by atoms with E-state index in [0.29, 0.717) is 12.0 Å². The molecule has 4 heteroatoms. The molecule has 0 saturated carbocycles. The lowest BCUT2D eigenvalue weighted by atomic mass is 10.0. The zero-order chi connectivity index (χ0) is 12.1. The first kappa shape index (κ1) is 13.0. The van der Waals surface area contributed by atoms with E-state index >= 15 is 0 Å². The maximum absolute atomic E-state index is 4.28. The number of anilines is 1. The Morgan fingerprint density at radius 1 is 1.44 bits per heavy atom. The predicted octanol–water partition coefficient (Wildman–Crippen LogP) is 2.11. The number of hydrogen-bond donors (Lipinski definition) is 2. The first-order chi connectivity index (χ1) is 7.47. The van der Waals surface area contributed by atoms with E-state index in [2.05, 4.69) is 48.1 Å². The summed E-state index contributed by atoms with van der Waals surface area (Å²) in [5, 5.41) is 3.45. The molecule has 0 saturated heterocycles. The fraction of sp³-hybridized carbons (Fsp3) is 0.750. The molecule has 16 heavy (non-hydrogen) atoms. The molecule has 2 N–H and O–H groups in total. The van der Waals surface area contributed by atoms with Crippen molar-refractivity contribution in [1.82, 2.24) is 14.9 Å². The van der Waals surface area contributed by atoms with Crippen LogP contribution in [0.1, 0.15) is 26.0 Å². The SMILES string of the molecule is Cc1cnc(NC(CC(C)C)CN(C)C)[nH]1. The number of nitrogens with zero attached hydrogens (tertiary/aromatic N) is 2. The number of aryl methyl sites for hydroxylation is 1. The number of rotatable bonds is 6. The van der Waals surface area contributed by atoms with Crippen LogP contribution in [0.25, 0.3) is 0 Å². The maximum atomic E-state index is 4.28. The number of hydrogen-bond acceptors (Lipinski definition) is 3. The number of likely N-dealkylation sites (N-methyl/N-ethyl adjacent to an activating group) is 1. The van der Waals surface area contributed by atoms with Gasteiger partial charge in [-0.05, 0) is 33.4 Å². The van der Waals surface area contributed by atoms with E-state index in [9.17, 15) is 0 Å². The molecule has 0 aliphatic heterocycles. The summed E-state index contributed by atoms with van der Waals surface area (Å²) in [6.07, 6.45) is 3.00. The van der Waals surface area contributed by atoms with Gasteiger partial charge in [-0.3, -0.25) is 0 Å². The molecule has 0 aliphatic rings. The number of aromatic nitrogens is 2. The van der Waals surface area contributed by atoms with Gasteiger partial charge in [0.15, 0.2) is 0 Å². The van der Waals surface area contributed by atoms with E-state index in [-0.39, 0.29) is 0 Å². The topological polar surface area (TPSA) is 44.0 Å². The Hall–Kier alpha value is -1.03. The number of nitrogens with one attached hydrogen (secondary N) is 2. The van der Waals surface area contributed by atoms with Gasteiger partial charge in [-0.15, -0.1) is 0 Å². The molecule has 0 fully saturated rings. The fourth-order valence-corrected chi connectivity index (χ4v) is 1.87. The van der Waals surface area contributed by atoms with Crippen LogP contribution in [0.15, 0.2) is 6.20 Å². The normalized spacial score (nSPS) is 13.4. The van der Waals surface area contributed by atoms with Gasteiger partial charge in [0.1, 0.15) is 0 Å². The second-order valence-corrected chi connectivity index (χ2v) is 5.15. The summed E-state index contributed by atoms with van der Waals surface area (Å²) in [6.45, 7) is 7.54. The number of aromatic amines is 1. The van der Waals surface area contributed by atoms with Crippen LogP contribution in [0.2, 0.25) is 0 Å².